The van der Waals surface area contributed by atoms with Gasteiger partial charge in [0, 0.05) is 48.6 Å². The lowest BCUT2D eigenvalue weighted by molar-refractivity contribution is -0.958. The van der Waals surface area contributed by atoms with Crippen LogP contribution in [0.15, 0.2) is 48.5 Å². The van der Waals surface area contributed by atoms with E-state index in [1.807, 2.05) is 0 Å². The Balaban J connectivity index is 0.00000152. The van der Waals surface area contributed by atoms with Crippen molar-refractivity contribution >= 4 is 12.2 Å². The maximum atomic E-state index is 10.4. The first-order valence-electron chi connectivity index (χ1n) is 13.4. The maximum Gasteiger partial charge on any atom is 0.106 e. The summed E-state index contributed by atoms with van der Waals surface area (Å²) in [4.78, 5) is 0. The van der Waals surface area contributed by atoms with Crippen LogP contribution in [0.25, 0.3) is 12.2 Å². The number of hydrogen-bond acceptors (Lipinski definition) is 2. The predicted molar refractivity (Wildman–Crippen MR) is 136 cm³/mol. The Kier molecular flexibility index (Phi) is 8.85. The molecular formula is C30H40Br2N2O2. The Morgan fingerprint density at radius 1 is 0.583 bits per heavy atom. The summed E-state index contributed by atoms with van der Waals surface area (Å²) in [6.45, 7) is 8.86. The van der Waals surface area contributed by atoms with E-state index in [0.717, 1.165) is 35.1 Å². The molecule has 36 heavy (non-hydrogen) atoms. The van der Waals surface area contributed by atoms with Crippen molar-refractivity contribution in [1.82, 2.24) is 0 Å². The summed E-state index contributed by atoms with van der Waals surface area (Å²) in [5.74, 6) is 1.10. The maximum absolute atomic E-state index is 10.4. The molecule has 196 valence electrons. The molecule has 2 N–H and O–H groups in total. The average molecular weight is 620 g/mol. The number of benzene rings is 2. The number of hydrogen-bond donors (Lipinski definition) is 2. The molecule has 0 radical (unpaired) electrons. The largest absolute Gasteiger partial charge is 1.00 e. The van der Waals surface area contributed by atoms with Crippen molar-refractivity contribution in [2.75, 3.05) is 39.3 Å². The third-order valence-corrected chi connectivity index (χ3v) is 9.60. The third kappa shape index (κ3) is 5.84. The number of rotatable bonds is 6. The Labute approximate surface area is 237 Å². The molecule has 6 aliphatic rings. The van der Waals surface area contributed by atoms with E-state index in [1.54, 1.807) is 0 Å². The minimum atomic E-state index is -0.0982. The predicted octanol–water partition coefficient (Wildman–Crippen LogP) is -1.93. The summed E-state index contributed by atoms with van der Waals surface area (Å²) in [5, 5.41) is 20.7. The first-order chi connectivity index (χ1) is 16.5. The molecule has 4 bridgehead atoms. The fraction of sp³-hybridized carbons (Fsp3) is 0.533. The highest BCUT2D eigenvalue weighted by Crippen LogP contribution is 2.36. The quantitative estimate of drug-likeness (QED) is 0.292. The van der Waals surface area contributed by atoms with Gasteiger partial charge in [-0.1, -0.05) is 60.7 Å². The van der Waals surface area contributed by atoms with E-state index in [2.05, 4.69) is 60.7 Å². The van der Waals surface area contributed by atoms with E-state index in [-0.39, 0.29) is 46.2 Å². The average Bonchev–Trinajstić information content (AvgIpc) is 2.85. The van der Waals surface area contributed by atoms with Crippen LogP contribution < -0.4 is 34.0 Å². The molecule has 6 fully saturated rings. The molecule has 6 saturated heterocycles. The molecule has 0 amide bonds. The molecule has 0 aromatic heterocycles. The molecule has 2 atom stereocenters. The minimum absolute atomic E-state index is 0. The van der Waals surface area contributed by atoms with Crippen LogP contribution in [0.2, 0.25) is 0 Å². The standard InChI is InChI=1S/C30H40N2O2.2BrH/c33-29-21-31(15-11-27(29)12-16-31)19-25-7-3-23(4-8-25)1-2-24-5-9-26(10-6-24)20-32-17-13-28(14-18-32)30(34)22-32;;/h1-10,27-30,33-34H,11-22H2;2*1H/q+2;;/p-2/b2-1+;;. The lowest BCUT2D eigenvalue weighted by atomic mass is 9.83. The van der Waals surface area contributed by atoms with Gasteiger partial charge < -0.3 is 53.1 Å². The minimum Gasteiger partial charge on any atom is -1.00 e. The summed E-state index contributed by atoms with van der Waals surface area (Å²) in [7, 11) is 0. The van der Waals surface area contributed by atoms with Crippen LogP contribution >= 0.6 is 0 Å². The Hall–Kier alpha value is -1.02. The zero-order valence-electron chi connectivity index (χ0n) is 21.1. The number of nitrogens with zero attached hydrogens (tertiary/aromatic N) is 2. The van der Waals surface area contributed by atoms with Gasteiger partial charge in [-0.3, -0.25) is 0 Å². The first-order valence-corrected chi connectivity index (χ1v) is 13.4. The van der Waals surface area contributed by atoms with Crippen LogP contribution in [0.1, 0.15) is 47.9 Å². The molecule has 0 saturated carbocycles. The van der Waals surface area contributed by atoms with Gasteiger partial charge in [0.15, 0.2) is 0 Å². The van der Waals surface area contributed by atoms with E-state index in [9.17, 15) is 10.2 Å². The summed E-state index contributed by atoms with van der Waals surface area (Å²) in [6.07, 6.45) is 8.95. The van der Waals surface area contributed by atoms with Gasteiger partial charge in [-0.15, -0.1) is 0 Å². The zero-order valence-corrected chi connectivity index (χ0v) is 24.3. The summed E-state index contributed by atoms with van der Waals surface area (Å²) < 4.78 is 2.14. The second-order valence-corrected chi connectivity index (χ2v) is 11.9. The van der Waals surface area contributed by atoms with Crippen molar-refractivity contribution in [3.05, 3.63) is 70.8 Å². The normalized spacial score (nSPS) is 34.8. The number of fused-ring (bicyclic) bond motifs is 6. The van der Waals surface area contributed by atoms with Gasteiger partial charge in [0.05, 0.1) is 26.2 Å². The molecule has 8 rings (SSSR count). The summed E-state index contributed by atoms with van der Waals surface area (Å²) >= 11 is 0. The molecule has 2 unspecified atom stereocenters. The van der Waals surface area contributed by atoms with Crippen molar-refractivity contribution in [1.29, 1.82) is 0 Å². The number of aliphatic hydroxyl groups is 2. The van der Waals surface area contributed by atoms with Gasteiger partial charge in [0.25, 0.3) is 0 Å². The topological polar surface area (TPSA) is 40.5 Å². The highest BCUT2D eigenvalue weighted by Gasteiger charge is 2.46. The summed E-state index contributed by atoms with van der Waals surface area (Å²) in [6, 6.07) is 18.0. The van der Waals surface area contributed by atoms with Crippen molar-refractivity contribution in [3.63, 3.8) is 0 Å². The van der Waals surface area contributed by atoms with Crippen molar-refractivity contribution in [3.8, 4) is 0 Å². The van der Waals surface area contributed by atoms with Gasteiger partial charge in [-0.05, 0) is 11.1 Å². The van der Waals surface area contributed by atoms with Gasteiger partial charge in [-0.2, -0.15) is 0 Å². The second kappa shape index (κ2) is 11.4. The fourth-order valence-corrected chi connectivity index (χ4v) is 7.38. The fourth-order valence-electron chi connectivity index (χ4n) is 7.38. The van der Waals surface area contributed by atoms with E-state index in [1.165, 1.54) is 74.1 Å². The molecule has 2 aromatic rings. The third-order valence-electron chi connectivity index (χ3n) is 9.60. The van der Waals surface area contributed by atoms with Gasteiger partial charge in [0.2, 0.25) is 0 Å². The first kappa shape index (κ1) is 28.0. The highest BCUT2D eigenvalue weighted by atomic mass is 79.9. The molecule has 0 aliphatic carbocycles. The number of aliphatic hydroxyl groups excluding tert-OH is 2. The van der Waals surface area contributed by atoms with Crippen LogP contribution in [0.4, 0.5) is 0 Å². The summed E-state index contributed by atoms with van der Waals surface area (Å²) in [5.41, 5.74) is 5.23. The van der Waals surface area contributed by atoms with Crippen molar-refractivity contribution in [2.24, 2.45) is 11.8 Å². The smallest absolute Gasteiger partial charge is 0.106 e. The molecule has 6 heterocycles. The zero-order chi connectivity index (χ0) is 23.2. The van der Waals surface area contributed by atoms with Gasteiger partial charge in [-0.25, -0.2) is 0 Å². The Morgan fingerprint density at radius 3 is 1.22 bits per heavy atom. The molecule has 4 nitrogen and oxygen atoms in total. The number of piperidine rings is 6. The lowest BCUT2D eigenvalue weighted by Gasteiger charge is -2.51. The Bertz CT molecular complexity index is 940. The second-order valence-electron chi connectivity index (χ2n) is 11.9. The molecular weight excluding hydrogens is 580 g/mol. The van der Waals surface area contributed by atoms with Crippen LogP contribution in [0.5, 0.6) is 0 Å². The molecule has 0 spiro atoms. The SMILES string of the molecule is OC1C[N+]2(Cc3ccc(/C=C/c4ccc(C[N+]56CCC(CC5)C(O)C6)cc4)cc3)CCC1CC2.[Br-].[Br-]. The lowest BCUT2D eigenvalue weighted by Crippen LogP contribution is -3.00. The number of halogens is 2. The highest BCUT2D eigenvalue weighted by molar-refractivity contribution is 5.69. The van der Waals surface area contributed by atoms with Gasteiger partial charge in [0.1, 0.15) is 38.4 Å². The number of quaternary nitrogens is 2. The molecule has 6 aliphatic heterocycles. The van der Waals surface area contributed by atoms with E-state index in [4.69, 9.17) is 0 Å². The van der Waals surface area contributed by atoms with E-state index >= 15 is 0 Å². The van der Waals surface area contributed by atoms with Crippen LogP contribution in [0.3, 0.4) is 0 Å². The van der Waals surface area contributed by atoms with Crippen molar-refractivity contribution in [2.45, 2.75) is 51.0 Å². The molecule has 2 aromatic carbocycles. The van der Waals surface area contributed by atoms with Crippen LogP contribution in [-0.4, -0.2) is 70.7 Å². The van der Waals surface area contributed by atoms with Crippen molar-refractivity contribution < 1.29 is 53.1 Å². The monoisotopic (exact) mass is 618 g/mol. The van der Waals surface area contributed by atoms with E-state index in [0.29, 0.717) is 11.8 Å². The Morgan fingerprint density at radius 2 is 0.917 bits per heavy atom. The molecule has 6 heteroatoms. The van der Waals surface area contributed by atoms with Gasteiger partial charge >= 0.3 is 0 Å². The van der Waals surface area contributed by atoms with Crippen LogP contribution in [0, 0.1) is 11.8 Å². The van der Waals surface area contributed by atoms with E-state index < -0.39 is 0 Å². The van der Waals surface area contributed by atoms with Crippen LogP contribution in [-0.2, 0) is 13.1 Å².